The van der Waals surface area contributed by atoms with Gasteiger partial charge in [-0.1, -0.05) is 12.8 Å². The van der Waals surface area contributed by atoms with Crippen LogP contribution >= 0.6 is 0 Å². The van der Waals surface area contributed by atoms with Crippen molar-refractivity contribution in [3.05, 3.63) is 48.8 Å². The fourth-order valence-electron chi connectivity index (χ4n) is 5.02. The first kappa shape index (κ1) is 18.6. The average Bonchev–Trinajstić information content (AvgIpc) is 3.46. The molecule has 3 aromatic heterocycles. The molecule has 4 heterocycles. The smallest absolute Gasteiger partial charge is 0.229 e. The van der Waals surface area contributed by atoms with Crippen LogP contribution in [0.2, 0.25) is 0 Å². The molecular weight excluding hydrogens is 386 g/mol. The van der Waals surface area contributed by atoms with Crippen molar-refractivity contribution < 1.29 is 0 Å². The van der Waals surface area contributed by atoms with Gasteiger partial charge in [-0.05, 0) is 49.2 Å². The van der Waals surface area contributed by atoms with Gasteiger partial charge in [0.15, 0.2) is 0 Å². The molecule has 0 bridgehead atoms. The number of fused-ring (bicyclic) bond motifs is 3. The Morgan fingerprint density at radius 2 is 1.71 bits per heavy atom. The quantitative estimate of drug-likeness (QED) is 0.521. The molecule has 4 aromatic rings. The van der Waals surface area contributed by atoms with Crippen LogP contribution in [0.1, 0.15) is 31.7 Å². The third kappa shape index (κ3) is 3.39. The SMILES string of the molecule is c1cnc2c(c1)c1cnc(Nc3ccc(N4CCNCC4)cc3)nc1n2C1CCCC1. The van der Waals surface area contributed by atoms with Gasteiger partial charge in [-0.15, -0.1) is 0 Å². The Bertz CT molecular complexity index is 1200. The van der Waals surface area contributed by atoms with Gasteiger partial charge in [0.05, 0.1) is 0 Å². The van der Waals surface area contributed by atoms with Crippen LogP contribution in [0.3, 0.4) is 0 Å². The first-order chi connectivity index (χ1) is 15.4. The molecule has 0 unspecified atom stereocenters. The molecule has 0 radical (unpaired) electrons. The molecule has 1 aliphatic heterocycles. The maximum atomic E-state index is 4.95. The number of hydrogen-bond acceptors (Lipinski definition) is 6. The average molecular weight is 414 g/mol. The monoisotopic (exact) mass is 413 g/mol. The topological polar surface area (TPSA) is 70.9 Å². The molecule has 0 amide bonds. The van der Waals surface area contributed by atoms with Gasteiger partial charge in [-0.25, -0.2) is 9.97 Å². The number of pyridine rings is 1. The summed E-state index contributed by atoms with van der Waals surface area (Å²) in [4.78, 5) is 16.7. The number of rotatable bonds is 4. The second-order valence-corrected chi connectivity index (χ2v) is 8.52. The van der Waals surface area contributed by atoms with E-state index in [0.29, 0.717) is 12.0 Å². The van der Waals surface area contributed by atoms with Crippen molar-refractivity contribution in [2.45, 2.75) is 31.7 Å². The molecule has 158 valence electrons. The van der Waals surface area contributed by atoms with Crippen LogP contribution in [0.15, 0.2) is 48.8 Å². The van der Waals surface area contributed by atoms with E-state index in [1.807, 2.05) is 18.5 Å². The Labute approximate surface area is 181 Å². The molecule has 31 heavy (non-hydrogen) atoms. The van der Waals surface area contributed by atoms with E-state index in [-0.39, 0.29) is 0 Å². The number of aromatic nitrogens is 4. The second-order valence-electron chi connectivity index (χ2n) is 8.52. The van der Waals surface area contributed by atoms with Crippen LogP contribution in [-0.4, -0.2) is 45.7 Å². The first-order valence-corrected chi connectivity index (χ1v) is 11.3. The molecule has 0 atom stereocenters. The molecule has 2 N–H and O–H groups in total. The summed E-state index contributed by atoms with van der Waals surface area (Å²) in [7, 11) is 0. The fraction of sp³-hybridized carbons (Fsp3) is 0.375. The molecule has 7 nitrogen and oxygen atoms in total. The molecular formula is C24H27N7. The summed E-state index contributed by atoms with van der Waals surface area (Å²) in [6.07, 6.45) is 8.74. The predicted molar refractivity (Wildman–Crippen MR) is 125 cm³/mol. The van der Waals surface area contributed by atoms with Crippen LogP contribution in [0.5, 0.6) is 0 Å². The molecule has 7 heteroatoms. The highest BCUT2D eigenvalue weighted by Gasteiger charge is 2.23. The number of benzene rings is 1. The van der Waals surface area contributed by atoms with Crippen LogP contribution < -0.4 is 15.5 Å². The third-order valence-corrected chi connectivity index (χ3v) is 6.60. The number of nitrogens with one attached hydrogen (secondary N) is 2. The zero-order valence-electron chi connectivity index (χ0n) is 17.6. The Kier molecular flexibility index (Phi) is 4.68. The minimum absolute atomic E-state index is 0.468. The van der Waals surface area contributed by atoms with Gasteiger partial charge >= 0.3 is 0 Å². The third-order valence-electron chi connectivity index (χ3n) is 6.60. The Morgan fingerprint density at radius 1 is 0.903 bits per heavy atom. The Morgan fingerprint density at radius 3 is 2.52 bits per heavy atom. The normalized spacial score (nSPS) is 17.6. The summed E-state index contributed by atoms with van der Waals surface area (Å²) >= 11 is 0. The summed E-state index contributed by atoms with van der Waals surface area (Å²) in [5.41, 5.74) is 4.27. The zero-order valence-corrected chi connectivity index (χ0v) is 17.6. The van der Waals surface area contributed by atoms with E-state index in [4.69, 9.17) is 9.97 Å². The molecule has 1 aromatic carbocycles. The second kappa shape index (κ2) is 7.81. The summed E-state index contributed by atoms with van der Waals surface area (Å²) in [6.45, 7) is 4.17. The summed E-state index contributed by atoms with van der Waals surface area (Å²) in [5.74, 6) is 0.629. The standard InChI is InChI=1S/C24H27N7/c1-2-5-19(4-1)31-22-20(6-3-11-26-22)21-16-27-24(29-23(21)31)28-17-7-9-18(10-8-17)30-14-12-25-13-15-30/h3,6-11,16,19,25H,1-2,4-5,12-15H2,(H,27,28,29). The van der Waals surface area contributed by atoms with E-state index in [2.05, 4.69) is 55.4 Å². The lowest BCUT2D eigenvalue weighted by Gasteiger charge is -2.29. The van der Waals surface area contributed by atoms with Crippen LogP contribution in [0.25, 0.3) is 22.1 Å². The van der Waals surface area contributed by atoms with Gasteiger partial charge in [-0.3, -0.25) is 0 Å². The van der Waals surface area contributed by atoms with Crippen LogP contribution in [0.4, 0.5) is 17.3 Å². The number of hydrogen-bond donors (Lipinski definition) is 2. The number of piperazine rings is 1. The maximum absolute atomic E-state index is 4.95. The van der Waals surface area contributed by atoms with Crippen molar-refractivity contribution in [3.63, 3.8) is 0 Å². The lowest BCUT2D eigenvalue weighted by molar-refractivity contribution is 0.543. The van der Waals surface area contributed by atoms with Crippen molar-refractivity contribution in [1.82, 2.24) is 24.8 Å². The zero-order chi connectivity index (χ0) is 20.6. The van der Waals surface area contributed by atoms with Crippen LogP contribution in [-0.2, 0) is 0 Å². The van der Waals surface area contributed by atoms with Gasteiger partial charge in [0.25, 0.3) is 0 Å². The van der Waals surface area contributed by atoms with Crippen molar-refractivity contribution in [2.75, 3.05) is 36.4 Å². The number of nitrogens with zero attached hydrogens (tertiary/aromatic N) is 5. The minimum Gasteiger partial charge on any atom is -0.369 e. The van der Waals surface area contributed by atoms with E-state index >= 15 is 0 Å². The summed E-state index contributed by atoms with van der Waals surface area (Å²) in [5, 5.41) is 9.02. The Hall–Kier alpha value is -3.19. The van der Waals surface area contributed by atoms with Crippen molar-refractivity contribution in [3.8, 4) is 0 Å². The van der Waals surface area contributed by atoms with E-state index in [1.54, 1.807) is 0 Å². The van der Waals surface area contributed by atoms with E-state index in [0.717, 1.165) is 53.9 Å². The Balaban J connectivity index is 1.33. The molecule has 6 rings (SSSR count). The largest absolute Gasteiger partial charge is 0.369 e. The molecule has 1 saturated carbocycles. The van der Waals surface area contributed by atoms with Gasteiger partial charge < -0.3 is 20.1 Å². The summed E-state index contributed by atoms with van der Waals surface area (Å²) in [6, 6.07) is 13.2. The summed E-state index contributed by atoms with van der Waals surface area (Å²) < 4.78 is 2.35. The predicted octanol–water partition coefficient (Wildman–Crippen LogP) is 4.25. The van der Waals surface area contributed by atoms with E-state index < -0.39 is 0 Å². The fourth-order valence-corrected chi connectivity index (χ4v) is 5.02. The maximum Gasteiger partial charge on any atom is 0.229 e. The van der Waals surface area contributed by atoms with Crippen molar-refractivity contribution in [1.29, 1.82) is 0 Å². The van der Waals surface area contributed by atoms with Gasteiger partial charge in [0.2, 0.25) is 5.95 Å². The first-order valence-electron chi connectivity index (χ1n) is 11.3. The lowest BCUT2D eigenvalue weighted by atomic mass is 10.2. The lowest BCUT2D eigenvalue weighted by Crippen LogP contribution is -2.43. The molecule has 1 saturated heterocycles. The highest BCUT2D eigenvalue weighted by Crippen LogP contribution is 2.37. The molecule has 2 aliphatic rings. The highest BCUT2D eigenvalue weighted by atomic mass is 15.2. The van der Waals surface area contributed by atoms with Gasteiger partial charge in [0.1, 0.15) is 11.3 Å². The number of anilines is 3. The highest BCUT2D eigenvalue weighted by molar-refractivity contribution is 6.05. The van der Waals surface area contributed by atoms with Crippen molar-refractivity contribution in [2.24, 2.45) is 0 Å². The minimum atomic E-state index is 0.468. The molecule has 1 aliphatic carbocycles. The molecule has 2 fully saturated rings. The van der Waals surface area contributed by atoms with Gasteiger partial charge in [0, 0.05) is 66.8 Å². The van der Waals surface area contributed by atoms with E-state index in [9.17, 15) is 0 Å². The van der Waals surface area contributed by atoms with Gasteiger partial charge in [-0.2, -0.15) is 4.98 Å². The van der Waals surface area contributed by atoms with Crippen molar-refractivity contribution >= 4 is 39.4 Å². The van der Waals surface area contributed by atoms with Crippen LogP contribution in [0, 0.1) is 0 Å². The van der Waals surface area contributed by atoms with E-state index in [1.165, 1.54) is 31.4 Å². The molecule has 0 spiro atoms.